The summed E-state index contributed by atoms with van der Waals surface area (Å²) in [5.74, 6) is -0.186. The Hall–Kier alpha value is -1.90. The van der Waals surface area contributed by atoms with Crippen LogP contribution in [0, 0.1) is 5.82 Å². The van der Waals surface area contributed by atoms with E-state index in [1.807, 2.05) is 18.2 Å². The van der Waals surface area contributed by atoms with Gasteiger partial charge < -0.3 is 5.32 Å². The molecule has 0 aliphatic carbocycles. The summed E-state index contributed by atoms with van der Waals surface area (Å²) in [7, 11) is 0. The van der Waals surface area contributed by atoms with Crippen LogP contribution in [0.4, 0.5) is 10.1 Å². The van der Waals surface area contributed by atoms with Gasteiger partial charge in [-0.05, 0) is 18.2 Å². The molecular weight excluding hydrogens is 191 g/mol. The van der Waals surface area contributed by atoms with E-state index >= 15 is 0 Å². The van der Waals surface area contributed by atoms with E-state index in [2.05, 4.69) is 10.3 Å². The summed E-state index contributed by atoms with van der Waals surface area (Å²) in [5, 5.41) is 3.10. The molecule has 2 nitrogen and oxygen atoms in total. The van der Waals surface area contributed by atoms with E-state index in [9.17, 15) is 4.39 Å². The fourth-order valence-corrected chi connectivity index (χ4v) is 1.31. The molecule has 0 saturated carbocycles. The number of halogens is 1. The Labute approximate surface area is 87.8 Å². The smallest absolute Gasteiger partial charge is 0.128 e. The van der Waals surface area contributed by atoms with Crippen molar-refractivity contribution in [2.24, 2.45) is 0 Å². The summed E-state index contributed by atoms with van der Waals surface area (Å²) in [5.41, 5.74) is 1.54. The molecule has 1 heterocycles. The van der Waals surface area contributed by atoms with Crippen molar-refractivity contribution in [2.75, 3.05) is 5.32 Å². The third-order valence-corrected chi connectivity index (χ3v) is 2.10. The molecule has 0 saturated heterocycles. The Morgan fingerprint density at radius 3 is 2.73 bits per heavy atom. The molecule has 0 atom stereocenters. The van der Waals surface area contributed by atoms with Gasteiger partial charge in [0.2, 0.25) is 0 Å². The third kappa shape index (κ3) is 2.53. The van der Waals surface area contributed by atoms with Crippen molar-refractivity contribution in [1.82, 2.24) is 4.98 Å². The van der Waals surface area contributed by atoms with Crippen molar-refractivity contribution in [3.05, 3.63) is 60.2 Å². The molecule has 0 unspecified atom stereocenters. The molecule has 1 N–H and O–H groups in total. The maximum atomic E-state index is 13.2. The number of benzene rings is 1. The lowest BCUT2D eigenvalue weighted by molar-refractivity contribution is 0.613. The number of anilines is 1. The molecule has 0 spiro atoms. The molecule has 0 bridgehead atoms. The number of hydrogen-bond acceptors (Lipinski definition) is 2. The molecule has 2 aromatic rings. The fourth-order valence-electron chi connectivity index (χ4n) is 1.31. The van der Waals surface area contributed by atoms with Crippen LogP contribution in [0.15, 0.2) is 48.8 Å². The van der Waals surface area contributed by atoms with E-state index in [1.165, 1.54) is 6.07 Å². The maximum Gasteiger partial charge on any atom is 0.128 e. The predicted molar refractivity (Wildman–Crippen MR) is 58.0 cm³/mol. The first-order chi connectivity index (χ1) is 7.36. The lowest BCUT2D eigenvalue weighted by Gasteiger charge is -2.06. The van der Waals surface area contributed by atoms with Crippen LogP contribution >= 0.6 is 0 Å². The van der Waals surface area contributed by atoms with E-state index < -0.39 is 0 Å². The van der Waals surface area contributed by atoms with Gasteiger partial charge in [0, 0.05) is 24.5 Å². The zero-order valence-corrected chi connectivity index (χ0v) is 8.15. The average Bonchev–Trinajstić information content (AvgIpc) is 2.29. The Morgan fingerprint density at radius 2 is 2.00 bits per heavy atom. The molecule has 0 fully saturated rings. The minimum atomic E-state index is -0.186. The number of nitrogens with zero attached hydrogens (tertiary/aromatic N) is 1. The topological polar surface area (TPSA) is 24.9 Å². The third-order valence-electron chi connectivity index (χ3n) is 2.10. The van der Waals surface area contributed by atoms with Gasteiger partial charge in [-0.25, -0.2) is 4.39 Å². The zero-order chi connectivity index (χ0) is 10.5. The van der Waals surface area contributed by atoms with E-state index in [0.29, 0.717) is 12.1 Å². The molecule has 0 aliphatic rings. The number of hydrogen-bond donors (Lipinski definition) is 1. The molecule has 0 amide bonds. The van der Waals surface area contributed by atoms with Crippen molar-refractivity contribution in [3.8, 4) is 0 Å². The lowest BCUT2D eigenvalue weighted by Crippen LogP contribution is -2.01. The molecule has 3 heteroatoms. The summed E-state index contributed by atoms with van der Waals surface area (Å²) in [4.78, 5) is 3.96. The minimum absolute atomic E-state index is 0.186. The highest BCUT2D eigenvalue weighted by molar-refractivity contribution is 5.40. The first kappa shape index (κ1) is 9.65. The van der Waals surface area contributed by atoms with Gasteiger partial charge in [0.1, 0.15) is 5.82 Å². The largest absolute Gasteiger partial charge is 0.380 e. The van der Waals surface area contributed by atoms with Crippen LogP contribution in [0.2, 0.25) is 0 Å². The second-order valence-corrected chi connectivity index (χ2v) is 3.19. The van der Waals surface area contributed by atoms with Gasteiger partial charge in [-0.2, -0.15) is 0 Å². The lowest BCUT2D eigenvalue weighted by atomic mass is 10.2. The monoisotopic (exact) mass is 202 g/mol. The second kappa shape index (κ2) is 4.55. The van der Waals surface area contributed by atoms with Gasteiger partial charge in [-0.3, -0.25) is 4.98 Å². The maximum absolute atomic E-state index is 13.2. The van der Waals surface area contributed by atoms with E-state index in [1.54, 1.807) is 24.5 Å². The van der Waals surface area contributed by atoms with Gasteiger partial charge in [0.05, 0.1) is 5.69 Å². The molecule has 1 aromatic heterocycles. The van der Waals surface area contributed by atoms with Gasteiger partial charge in [0.25, 0.3) is 0 Å². The summed E-state index contributed by atoms with van der Waals surface area (Å²) >= 11 is 0. The average molecular weight is 202 g/mol. The molecule has 76 valence electrons. The van der Waals surface area contributed by atoms with Crippen LogP contribution in [-0.4, -0.2) is 4.98 Å². The SMILES string of the molecule is Fc1ccccc1CNc1cccnc1. The van der Waals surface area contributed by atoms with Crippen molar-refractivity contribution >= 4 is 5.69 Å². The zero-order valence-electron chi connectivity index (χ0n) is 8.15. The first-order valence-electron chi connectivity index (χ1n) is 4.73. The Balaban J connectivity index is 2.03. The standard InChI is InChI=1S/C12H11FN2/c13-12-6-2-1-4-10(12)8-15-11-5-3-7-14-9-11/h1-7,9,15H,8H2. The Kier molecular flexibility index (Phi) is 2.93. The molecule has 0 radical (unpaired) electrons. The van der Waals surface area contributed by atoms with Crippen LogP contribution in [-0.2, 0) is 6.54 Å². The Morgan fingerprint density at radius 1 is 1.13 bits per heavy atom. The fraction of sp³-hybridized carbons (Fsp3) is 0.0833. The summed E-state index contributed by atoms with van der Waals surface area (Å²) in [6, 6.07) is 10.5. The first-order valence-corrected chi connectivity index (χ1v) is 4.73. The minimum Gasteiger partial charge on any atom is -0.380 e. The van der Waals surface area contributed by atoms with Crippen LogP contribution in [0.5, 0.6) is 0 Å². The number of pyridine rings is 1. The summed E-state index contributed by atoms with van der Waals surface area (Å²) < 4.78 is 13.2. The van der Waals surface area contributed by atoms with E-state index in [-0.39, 0.29) is 5.82 Å². The Bertz CT molecular complexity index is 429. The van der Waals surface area contributed by atoms with Crippen molar-refractivity contribution < 1.29 is 4.39 Å². The summed E-state index contributed by atoms with van der Waals surface area (Å²) in [6.45, 7) is 0.471. The normalized spacial score (nSPS) is 9.93. The highest BCUT2D eigenvalue weighted by Crippen LogP contribution is 2.09. The number of rotatable bonds is 3. The molecule has 15 heavy (non-hydrogen) atoms. The van der Waals surface area contributed by atoms with Crippen molar-refractivity contribution in [3.63, 3.8) is 0 Å². The van der Waals surface area contributed by atoms with Gasteiger partial charge in [-0.15, -0.1) is 0 Å². The predicted octanol–water partition coefficient (Wildman–Crippen LogP) is 2.83. The quantitative estimate of drug-likeness (QED) is 0.827. The summed E-state index contributed by atoms with van der Waals surface area (Å²) in [6.07, 6.45) is 3.41. The second-order valence-electron chi connectivity index (χ2n) is 3.19. The molecule has 0 aliphatic heterocycles. The van der Waals surface area contributed by atoms with Crippen LogP contribution in [0.3, 0.4) is 0 Å². The van der Waals surface area contributed by atoms with Crippen molar-refractivity contribution in [2.45, 2.75) is 6.54 Å². The van der Waals surface area contributed by atoms with Gasteiger partial charge >= 0.3 is 0 Å². The van der Waals surface area contributed by atoms with Crippen LogP contribution in [0.25, 0.3) is 0 Å². The number of nitrogens with one attached hydrogen (secondary N) is 1. The highest BCUT2D eigenvalue weighted by atomic mass is 19.1. The van der Waals surface area contributed by atoms with Crippen LogP contribution < -0.4 is 5.32 Å². The van der Waals surface area contributed by atoms with E-state index in [0.717, 1.165) is 5.69 Å². The van der Waals surface area contributed by atoms with Gasteiger partial charge in [-0.1, -0.05) is 18.2 Å². The molecule has 2 rings (SSSR count). The molecule has 1 aromatic carbocycles. The highest BCUT2D eigenvalue weighted by Gasteiger charge is 1.99. The van der Waals surface area contributed by atoms with Gasteiger partial charge in [0.15, 0.2) is 0 Å². The number of aromatic nitrogens is 1. The van der Waals surface area contributed by atoms with Crippen LogP contribution in [0.1, 0.15) is 5.56 Å². The molecular formula is C12H11FN2. The van der Waals surface area contributed by atoms with E-state index in [4.69, 9.17) is 0 Å². The van der Waals surface area contributed by atoms with Crippen molar-refractivity contribution in [1.29, 1.82) is 0 Å².